The van der Waals surface area contributed by atoms with Crippen LogP contribution in [0.15, 0.2) is 18.2 Å². The van der Waals surface area contributed by atoms with E-state index in [1.165, 1.54) is 11.1 Å². The van der Waals surface area contributed by atoms with Gasteiger partial charge in [-0.2, -0.15) is 0 Å². The van der Waals surface area contributed by atoms with Crippen LogP contribution in [0.25, 0.3) is 0 Å². The van der Waals surface area contributed by atoms with Gasteiger partial charge in [0.05, 0.1) is 5.41 Å². The fourth-order valence-electron chi connectivity index (χ4n) is 3.50. The molecule has 0 aromatic heterocycles. The Morgan fingerprint density at radius 1 is 1.39 bits per heavy atom. The molecule has 2 aliphatic rings. The standard InChI is InChI=1S/C15H17NO2/c17-10-2-1-8-15-9-4-6-11-5-3-7-12(13(11)15)16-14(15)18/h3,5,7,10H,1-2,4,6,8-9H2,(H,16,18). The number of unbranched alkanes of at least 4 members (excludes halogenated alkanes) is 1. The molecule has 0 spiro atoms. The summed E-state index contributed by atoms with van der Waals surface area (Å²) in [6, 6.07) is 6.14. The Bertz CT molecular complexity index is 509. The van der Waals surface area contributed by atoms with Gasteiger partial charge >= 0.3 is 0 Å². The zero-order valence-corrected chi connectivity index (χ0v) is 10.4. The van der Waals surface area contributed by atoms with Crippen molar-refractivity contribution >= 4 is 17.9 Å². The molecule has 0 radical (unpaired) electrons. The van der Waals surface area contributed by atoms with Crippen LogP contribution in [0.1, 0.15) is 43.2 Å². The zero-order chi connectivity index (χ0) is 12.6. The van der Waals surface area contributed by atoms with Gasteiger partial charge in [-0.3, -0.25) is 4.79 Å². The zero-order valence-electron chi connectivity index (χ0n) is 10.4. The first-order valence-electron chi connectivity index (χ1n) is 6.65. The molecule has 94 valence electrons. The van der Waals surface area contributed by atoms with Crippen LogP contribution >= 0.6 is 0 Å². The number of anilines is 1. The third-order valence-corrected chi connectivity index (χ3v) is 4.29. The summed E-state index contributed by atoms with van der Waals surface area (Å²) in [5.74, 6) is 0.135. The number of carbonyl (C=O) groups excluding carboxylic acids is 2. The lowest BCUT2D eigenvalue weighted by atomic mass is 9.68. The Labute approximate surface area is 107 Å². The SMILES string of the molecule is O=CCCCC12CCCc3cccc(c31)NC2=O. The van der Waals surface area contributed by atoms with Crippen molar-refractivity contribution in [3.05, 3.63) is 29.3 Å². The quantitative estimate of drug-likeness (QED) is 0.652. The number of hydrogen-bond acceptors (Lipinski definition) is 2. The molecule has 0 saturated heterocycles. The van der Waals surface area contributed by atoms with Crippen LogP contribution in [0.4, 0.5) is 5.69 Å². The lowest BCUT2D eigenvalue weighted by Crippen LogP contribution is -2.37. The second-order valence-corrected chi connectivity index (χ2v) is 5.29. The summed E-state index contributed by atoms with van der Waals surface area (Å²) >= 11 is 0. The van der Waals surface area contributed by atoms with Crippen molar-refractivity contribution in [2.45, 2.75) is 43.9 Å². The van der Waals surface area contributed by atoms with Crippen molar-refractivity contribution in [3.8, 4) is 0 Å². The summed E-state index contributed by atoms with van der Waals surface area (Å²) in [6.07, 6.45) is 6.12. The molecule has 18 heavy (non-hydrogen) atoms. The van der Waals surface area contributed by atoms with Crippen molar-refractivity contribution in [1.29, 1.82) is 0 Å². The second kappa shape index (κ2) is 4.23. The highest BCUT2D eigenvalue weighted by Gasteiger charge is 2.48. The van der Waals surface area contributed by atoms with Crippen LogP contribution in [0.5, 0.6) is 0 Å². The highest BCUT2D eigenvalue weighted by molar-refractivity contribution is 6.07. The maximum atomic E-state index is 12.4. The van der Waals surface area contributed by atoms with Gasteiger partial charge in [0.1, 0.15) is 6.29 Å². The number of rotatable bonds is 4. The third kappa shape index (κ3) is 1.50. The largest absolute Gasteiger partial charge is 0.325 e. The average molecular weight is 243 g/mol. The van der Waals surface area contributed by atoms with E-state index in [9.17, 15) is 9.59 Å². The number of nitrogens with one attached hydrogen (secondary N) is 1. The van der Waals surface area contributed by atoms with Gasteiger partial charge in [-0.1, -0.05) is 12.1 Å². The van der Waals surface area contributed by atoms with Crippen molar-refractivity contribution in [2.75, 3.05) is 5.32 Å². The van der Waals surface area contributed by atoms with Gasteiger partial charge < -0.3 is 10.1 Å². The van der Waals surface area contributed by atoms with E-state index in [0.717, 1.165) is 44.1 Å². The Morgan fingerprint density at radius 2 is 2.28 bits per heavy atom. The lowest BCUT2D eigenvalue weighted by Gasteiger charge is -2.33. The van der Waals surface area contributed by atoms with Crippen LogP contribution in [0.3, 0.4) is 0 Å². The minimum Gasteiger partial charge on any atom is -0.325 e. The van der Waals surface area contributed by atoms with Crippen molar-refractivity contribution in [1.82, 2.24) is 0 Å². The molecule has 0 saturated carbocycles. The van der Waals surface area contributed by atoms with E-state index >= 15 is 0 Å². The van der Waals surface area contributed by atoms with Crippen LogP contribution in [-0.4, -0.2) is 12.2 Å². The first-order chi connectivity index (χ1) is 8.78. The topological polar surface area (TPSA) is 46.2 Å². The summed E-state index contributed by atoms with van der Waals surface area (Å²) < 4.78 is 0. The molecule has 1 N–H and O–H groups in total. The summed E-state index contributed by atoms with van der Waals surface area (Å²) in [4.78, 5) is 22.8. The first kappa shape index (κ1) is 11.5. The van der Waals surface area contributed by atoms with Crippen LogP contribution in [0, 0.1) is 0 Å². The molecule has 1 atom stereocenters. The maximum absolute atomic E-state index is 12.4. The van der Waals surface area contributed by atoms with Gasteiger partial charge in [-0.15, -0.1) is 0 Å². The molecular weight excluding hydrogens is 226 g/mol. The smallest absolute Gasteiger partial charge is 0.235 e. The Balaban J connectivity index is 2.02. The first-order valence-corrected chi connectivity index (χ1v) is 6.65. The highest BCUT2D eigenvalue weighted by atomic mass is 16.2. The number of carbonyl (C=O) groups is 2. The minimum absolute atomic E-state index is 0.135. The van der Waals surface area contributed by atoms with E-state index < -0.39 is 0 Å². The van der Waals surface area contributed by atoms with E-state index in [1.54, 1.807) is 0 Å². The molecule has 1 aliphatic heterocycles. The van der Waals surface area contributed by atoms with Gasteiger partial charge in [0, 0.05) is 12.1 Å². The number of aryl methyl sites for hydroxylation is 1. The molecule has 3 nitrogen and oxygen atoms in total. The van der Waals surface area contributed by atoms with E-state index in [0.29, 0.717) is 6.42 Å². The lowest BCUT2D eigenvalue weighted by molar-refractivity contribution is -0.121. The summed E-state index contributed by atoms with van der Waals surface area (Å²) in [5, 5.41) is 3.02. The predicted octanol–water partition coefficient (Wildman–Crippen LogP) is 2.58. The second-order valence-electron chi connectivity index (χ2n) is 5.29. The van der Waals surface area contributed by atoms with Gasteiger partial charge in [0.15, 0.2) is 0 Å². The molecule has 1 amide bonds. The average Bonchev–Trinajstić information content (AvgIpc) is 2.66. The summed E-state index contributed by atoms with van der Waals surface area (Å²) in [6.45, 7) is 0. The number of hydrogen-bond donors (Lipinski definition) is 1. The summed E-state index contributed by atoms with van der Waals surface area (Å²) in [7, 11) is 0. The van der Waals surface area contributed by atoms with Crippen LogP contribution < -0.4 is 5.32 Å². The van der Waals surface area contributed by atoms with Gasteiger partial charge in [-0.25, -0.2) is 0 Å². The molecule has 3 rings (SSSR count). The molecule has 0 fully saturated rings. The van der Waals surface area contributed by atoms with E-state index in [2.05, 4.69) is 11.4 Å². The van der Waals surface area contributed by atoms with Crippen molar-refractivity contribution in [3.63, 3.8) is 0 Å². The fraction of sp³-hybridized carbons (Fsp3) is 0.467. The molecule has 1 aromatic carbocycles. The molecule has 1 unspecified atom stereocenters. The summed E-state index contributed by atoms with van der Waals surface area (Å²) in [5.41, 5.74) is 3.16. The van der Waals surface area contributed by atoms with Gasteiger partial charge in [0.25, 0.3) is 0 Å². The van der Waals surface area contributed by atoms with E-state index in [4.69, 9.17) is 0 Å². The van der Waals surface area contributed by atoms with Gasteiger partial charge in [0.2, 0.25) is 5.91 Å². The molecular formula is C15H17NO2. The Morgan fingerprint density at radius 3 is 3.11 bits per heavy atom. The molecule has 0 bridgehead atoms. The third-order valence-electron chi connectivity index (χ3n) is 4.29. The van der Waals surface area contributed by atoms with E-state index in [1.807, 2.05) is 12.1 Å². The number of benzene rings is 1. The van der Waals surface area contributed by atoms with E-state index in [-0.39, 0.29) is 11.3 Å². The fourth-order valence-corrected chi connectivity index (χ4v) is 3.50. The Kier molecular flexibility index (Phi) is 2.69. The molecule has 1 aliphatic carbocycles. The molecule has 3 heteroatoms. The number of amides is 1. The maximum Gasteiger partial charge on any atom is 0.235 e. The predicted molar refractivity (Wildman–Crippen MR) is 69.6 cm³/mol. The van der Waals surface area contributed by atoms with Crippen molar-refractivity contribution < 1.29 is 9.59 Å². The molecule has 1 heterocycles. The molecule has 1 aromatic rings. The van der Waals surface area contributed by atoms with Crippen LogP contribution in [0.2, 0.25) is 0 Å². The van der Waals surface area contributed by atoms with Crippen LogP contribution in [-0.2, 0) is 21.4 Å². The normalized spacial score (nSPS) is 24.6. The highest BCUT2D eigenvalue weighted by Crippen LogP contribution is 2.49. The Hall–Kier alpha value is -1.64. The van der Waals surface area contributed by atoms with Crippen molar-refractivity contribution in [2.24, 2.45) is 0 Å². The monoisotopic (exact) mass is 243 g/mol. The van der Waals surface area contributed by atoms with Gasteiger partial charge in [-0.05, 0) is 49.3 Å². The number of aldehydes is 1. The minimum atomic E-state index is -0.354.